The average Bonchev–Trinajstić information content (AvgIpc) is 3.21. The van der Waals surface area contributed by atoms with Crippen molar-refractivity contribution in [1.29, 1.82) is 0 Å². The van der Waals surface area contributed by atoms with Gasteiger partial charge >= 0.3 is 6.09 Å². The molecule has 0 saturated carbocycles. The number of aryl methyl sites for hydroxylation is 2. The second-order valence-corrected chi connectivity index (χ2v) is 7.54. The minimum absolute atomic E-state index is 0.113. The van der Waals surface area contributed by atoms with Crippen LogP contribution in [0.1, 0.15) is 22.4 Å². The zero-order chi connectivity index (χ0) is 22.1. The molecular formula is C24H24N2O5. The number of hydrogen-bond donors (Lipinski definition) is 1. The van der Waals surface area contributed by atoms with Crippen LogP contribution in [0.15, 0.2) is 42.6 Å². The third-order valence-corrected chi connectivity index (χ3v) is 5.37. The van der Waals surface area contributed by atoms with E-state index in [1.165, 1.54) is 4.90 Å². The van der Waals surface area contributed by atoms with Gasteiger partial charge in [-0.25, -0.2) is 4.79 Å². The summed E-state index contributed by atoms with van der Waals surface area (Å²) in [5.74, 6) is 2.11. The number of benzene rings is 2. The van der Waals surface area contributed by atoms with Crippen molar-refractivity contribution < 1.29 is 24.1 Å². The number of aromatic nitrogens is 1. The zero-order valence-electron chi connectivity index (χ0n) is 17.9. The lowest BCUT2D eigenvalue weighted by Gasteiger charge is -2.22. The van der Waals surface area contributed by atoms with Gasteiger partial charge in [0.25, 0.3) is 0 Å². The molecule has 2 aromatic carbocycles. The standard InChI is InChI=1S/C24H24N2O5/c1-14-7-18(17-5-6-21-22(10-17)31-13-30-21)9-19(8-14)26(24(27)28)12-20-16(3)23(29-4)15(2)11-25-20/h5-11H,12-13H2,1-4H3,(H,27,28). The third-order valence-electron chi connectivity index (χ3n) is 5.37. The van der Waals surface area contributed by atoms with Crippen LogP contribution in [-0.4, -0.2) is 30.1 Å². The summed E-state index contributed by atoms with van der Waals surface area (Å²) >= 11 is 0. The molecule has 4 rings (SSSR count). The number of hydrogen-bond acceptors (Lipinski definition) is 5. The Bertz CT molecular complexity index is 1160. The molecule has 0 spiro atoms. The molecule has 7 nitrogen and oxygen atoms in total. The van der Waals surface area contributed by atoms with Crippen LogP contribution in [0, 0.1) is 20.8 Å². The minimum Gasteiger partial charge on any atom is -0.496 e. The van der Waals surface area contributed by atoms with E-state index in [-0.39, 0.29) is 13.3 Å². The minimum atomic E-state index is -1.05. The zero-order valence-corrected chi connectivity index (χ0v) is 17.9. The number of rotatable bonds is 5. The van der Waals surface area contributed by atoms with Crippen LogP contribution in [0.25, 0.3) is 11.1 Å². The molecular weight excluding hydrogens is 396 g/mol. The highest BCUT2D eigenvalue weighted by Gasteiger charge is 2.21. The SMILES string of the molecule is COc1c(C)cnc(CN(C(=O)O)c2cc(C)cc(-c3ccc4c(c3)OCO4)c2)c1C. The van der Waals surface area contributed by atoms with Gasteiger partial charge in [-0.05, 0) is 61.7 Å². The summed E-state index contributed by atoms with van der Waals surface area (Å²) in [6.07, 6.45) is 0.651. The van der Waals surface area contributed by atoms with Crippen LogP contribution in [0.2, 0.25) is 0 Å². The van der Waals surface area contributed by atoms with Crippen LogP contribution in [-0.2, 0) is 6.54 Å². The Morgan fingerprint density at radius 1 is 1.10 bits per heavy atom. The first-order valence-corrected chi connectivity index (χ1v) is 9.88. The van der Waals surface area contributed by atoms with Crippen LogP contribution in [0.3, 0.4) is 0 Å². The maximum atomic E-state index is 12.2. The Morgan fingerprint density at radius 3 is 2.61 bits per heavy atom. The molecule has 1 amide bonds. The average molecular weight is 420 g/mol. The number of pyridine rings is 1. The van der Waals surface area contributed by atoms with E-state index in [4.69, 9.17) is 14.2 Å². The Kier molecular flexibility index (Phi) is 5.42. The molecule has 7 heteroatoms. The maximum absolute atomic E-state index is 12.2. The number of amides is 1. The lowest BCUT2D eigenvalue weighted by atomic mass is 10.0. The normalized spacial score (nSPS) is 12.0. The van der Waals surface area contributed by atoms with Crippen molar-refractivity contribution in [3.63, 3.8) is 0 Å². The predicted octanol–water partition coefficient (Wildman–Crippen LogP) is 5.10. The summed E-state index contributed by atoms with van der Waals surface area (Å²) in [7, 11) is 1.60. The van der Waals surface area contributed by atoms with Crippen molar-refractivity contribution in [2.45, 2.75) is 27.3 Å². The fourth-order valence-corrected chi connectivity index (χ4v) is 3.81. The molecule has 160 valence electrons. The van der Waals surface area contributed by atoms with E-state index in [9.17, 15) is 9.90 Å². The summed E-state index contributed by atoms with van der Waals surface area (Å²) in [6, 6.07) is 11.4. The van der Waals surface area contributed by atoms with E-state index >= 15 is 0 Å². The Balaban J connectivity index is 1.72. The van der Waals surface area contributed by atoms with Crippen LogP contribution < -0.4 is 19.1 Å². The van der Waals surface area contributed by atoms with E-state index < -0.39 is 6.09 Å². The molecule has 0 atom stereocenters. The van der Waals surface area contributed by atoms with Crippen molar-refractivity contribution >= 4 is 11.8 Å². The lowest BCUT2D eigenvalue weighted by Crippen LogP contribution is -2.29. The Hall–Kier alpha value is -3.74. The van der Waals surface area contributed by atoms with Crippen molar-refractivity contribution in [2.24, 2.45) is 0 Å². The van der Waals surface area contributed by atoms with Crippen LogP contribution >= 0.6 is 0 Å². The molecule has 1 N–H and O–H groups in total. The summed E-state index contributed by atoms with van der Waals surface area (Å²) < 4.78 is 16.3. The van der Waals surface area contributed by atoms with Gasteiger partial charge in [-0.15, -0.1) is 0 Å². The van der Waals surface area contributed by atoms with E-state index in [1.54, 1.807) is 13.3 Å². The van der Waals surface area contributed by atoms with Gasteiger partial charge in [0.1, 0.15) is 5.75 Å². The number of carbonyl (C=O) groups is 1. The first kappa shape index (κ1) is 20.5. The van der Waals surface area contributed by atoms with Gasteiger partial charge in [-0.3, -0.25) is 9.88 Å². The van der Waals surface area contributed by atoms with Crippen molar-refractivity contribution in [3.8, 4) is 28.4 Å². The van der Waals surface area contributed by atoms with E-state index in [1.807, 2.05) is 57.2 Å². The van der Waals surface area contributed by atoms with Crippen LogP contribution in [0.4, 0.5) is 10.5 Å². The van der Waals surface area contributed by atoms with Crippen molar-refractivity contribution in [2.75, 3.05) is 18.8 Å². The molecule has 3 aromatic rings. The van der Waals surface area contributed by atoms with E-state index in [0.717, 1.165) is 33.6 Å². The molecule has 0 saturated heterocycles. The largest absolute Gasteiger partial charge is 0.496 e. The quantitative estimate of drug-likeness (QED) is 0.619. The monoisotopic (exact) mass is 420 g/mol. The van der Waals surface area contributed by atoms with Gasteiger partial charge in [0.2, 0.25) is 6.79 Å². The summed E-state index contributed by atoms with van der Waals surface area (Å²) in [5, 5.41) is 9.97. The van der Waals surface area contributed by atoms with Gasteiger partial charge < -0.3 is 19.3 Å². The second kappa shape index (κ2) is 8.18. The topological polar surface area (TPSA) is 81.1 Å². The van der Waals surface area contributed by atoms with E-state index in [2.05, 4.69) is 4.98 Å². The number of anilines is 1. The van der Waals surface area contributed by atoms with Gasteiger partial charge in [0.05, 0.1) is 19.3 Å². The fraction of sp³-hybridized carbons (Fsp3) is 0.250. The molecule has 2 heterocycles. The third kappa shape index (κ3) is 3.99. The maximum Gasteiger partial charge on any atom is 0.412 e. The summed E-state index contributed by atoms with van der Waals surface area (Å²) in [4.78, 5) is 17.9. The first-order chi connectivity index (χ1) is 14.9. The number of nitrogens with zero attached hydrogens (tertiary/aromatic N) is 2. The molecule has 0 bridgehead atoms. The number of fused-ring (bicyclic) bond motifs is 1. The smallest absolute Gasteiger partial charge is 0.412 e. The van der Waals surface area contributed by atoms with E-state index in [0.29, 0.717) is 22.9 Å². The summed E-state index contributed by atoms with van der Waals surface area (Å²) in [6.45, 7) is 6.07. The van der Waals surface area contributed by atoms with Crippen LogP contribution in [0.5, 0.6) is 17.2 Å². The molecule has 1 aliphatic heterocycles. The van der Waals surface area contributed by atoms with Gasteiger partial charge in [-0.1, -0.05) is 12.1 Å². The highest BCUT2D eigenvalue weighted by atomic mass is 16.7. The van der Waals surface area contributed by atoms with Gasteiger partial charge in [0.15, 0.2) is 11.5 Å². The van der Waals surface area contributed by atoms with Gasteiger partial charge in [-0.2, -0.15) is 0 Å². The molecule has 0 unspecified atom stereocenters. The first-order valence-electron chi connectivity index (χ1n) is 9.88. The number of ether oxygens (including phenoxy) is 3. The Morgan fingerprint density at radius 2 is 1.87 bits per heavy atom. The highest BCUT2D eigenvalue weighted by Crippen LogP contribution is 2.37. The van der Waals surface area contributed by atoms with Crippen molar-refractivity contribution in [1.82, 2.24) is 4.98 Å². The predicted molar refractivity (Wildman–Crippen MR) is 117 cm³/mol. The van der Waals surface area contributed by atoms with Crippen molar-refractivity contribution in [3.05, 3.63) is 65.0 Å². The molecule has 1 aliphatic rings. The molecule has 0 fully saturated rings. The number of methoxy groups -OCH3 is 1. The fourth-order valence-electron chi connectivity index (χ4n) is 3.81. The lowest BCUT2D eigenvalue weighted by molar-refractivity contribution is 0.174. The highest BCUT2D eigenvalue weighted by molar-refractivity contribution is 5.87. The molecule has 1 aromatic heterocycles. The molecule has 0 radical (unpaired) electrons. The molecule has 31 heavy (non-hydrogen) atoms. The number of carboxylic acid groups (broad SMARTS) is 1. The second-order valence-electron chi connectivity index (χ2n) is 7.54. The van der Waals surface area contributed by atoms with Gasteiger partial charge in [0, 0.05) is 23.0 Å². The summed E-state index contributed by atoms with van der Waals surface area (Å²) in [5.41, 5.74) is 5.72. The Labute approximate surface area is 180 Å². The molecule has 0 aliphatic carbocycles.